The Hall–Kier alpha value is -2.57. The summed E-state index contributed by atoms with van der Waals surface area (Å²) in [6.07, 6.45) is 0.00989. The van der Waals surface area contributed by atoms with E-state index in [9.17, 15) is 14.4 Å². The summed E-state index contributed by atoms with van der Waals surface area (Å²) in [5.74, 6) is 0.0494. The topological polar surface area (TPSA) is 96.5 Å². The van der Waals surface area contributed by atoms with Gasteiger partial charge >= 0.3 is 6.09 Å². The average molecular weight is 307 g/mol. The van der Waals surface area contributed by atoms with E-state index in [2.05, 4.69) is 16.0 Å². The molecule has 7 heteroatoms. The Kier molecular flexibility index (Phi) is 7.45. The molecule has 1 rings (SSSR count). The van der Waals surface area contributed by atoms with E-state index >= 15 is 0 Å². The third-order valence-electron chi connectivity index (χ3n) is 2.61. The average Bonchev–Trinajstić information content (AvgIpc) is 2.50. The fourth-order valence-corrected chi connectivity index (χ4v) is 1.51. The molecule has 0 unspecified atom stereocenters. The maximum atomic E-state index is 11.4. The van der Waals surface area contributed by atoms with Crippen molar-refractivity contribution in [3.63, 3.8) is 0 Å². The van der Waals surface area contributed by atoms with Gasteiger partial charge in [0.25, 0.3) is 0 Å². The third-order valence-corrected chi connectivity index (χ3v) is 2.61. The lowest BCUT2D eigenvalue weighted by Crippen LogP contribution is -2.27. The molecular formula is C15H21N3O4. The predicted octanol–water partition coefficient (Wildman–Crippen LogP) is 1.25. The Labute approximate surface area is 129 Å². The van der Waals surface area contributed by atoms with Gasteiger partial charge in [-0.3, -0.25) is 9.59 Å². The molecule has 0 spiro atoms. The number of rotatable bonds is 8. The molecule has 1 aromatic rings. The zero-order valence-corrected chi connectivity index (χ0v) is 12.7. The minimum absolute atomic E-state index is 0.0790. The van der Waals surface area contributed by atoms with Gasteiger partial charge in [0.15, 0.2) is 0 Å². The summed E-state index contributed by atoms with van der Waals surface area (Å²) < 4.78 is 5.07. The number of hydrogen-bond donors (Lipinski definition) is 3. The first-order valence-corrected chi connectivity index (χ1v) is 6.97. The summed E-state index contributed by atoms with van der Waals surface area (Å²) in [7, 11) is 0. The van der Waals surface area contributed by atoms with Crippen molar-refractivity contribution in [1.82, 2.24) is 10.6 Å². The molecule has 0 aliphatic rings. The van der Waals surface area contributed by atoms with Crippen LogP contribution in [-0.2, 0) is 20.9 Å². The fraction of sp³-hybridized carbons (Fsp3) is 0.400. The number of nitrogens with one attached hydrogen (secondary N) is 3. The molecule has 3 amide bonds. The van der Waals surface area contributed by atoms with E-state index < -0.39 is 6.09 Å². The van der Waals surface area contributed by atoms with Crippen molar-refractivity contribution in [1.29, 1.82) is 0 Å². The summed E-state index contributed by atoms with van der Waals surface area (Å²) in [5.41, 5.74) is 1.41. The van der Waals surface area contributed by atoms with E-state index in [0.717, 1.165) is 5.56 Å². The number of benzene rings is 1. The first-order valence-electron chi connectivity index (χ1n) is 6.97. The molecule has 22 heavy (non-hydrogen) atoms. The van der Waals surface area contributed by atoms with Gasteiger partial charge in [-0.1, -0.05) is 26.0 Å². The molecular weight excluding hydrogens is 286 g/mol. The van der Waals surface area contributed by atoms with Crippen molar-refractivity contribution in [2.24, 2.45) is 5.92 Å². The molecule has 120 valence electrons. The first kappa shape index (κ1) is 17.5. The molecule has 0 saturated heterocycles. The summed E-state index contributed by atoms with van der Waals surface area (Å²) in [6, 6.07) is 6.89. The number of hydrogen-bond acceptors (Lipinski definition) is 4. The molecule has 0 aromatic heterocycles. The highest BCUT2D eigenvalue weighted by Gasteiger charge is 2.04. The summed E-state index contributed by atoms with van der Waals surface area (Å²) in [5, 5.41) is 7.55. The fourth-order valence-electron chi connectivity index (χ4n) is 1.51. The van der Waals surface area contributed by atoms with E-state index in [1.807, 2.05) is 13.8 Å². The highest BCUT2D eigenvalue weighted by atomic mass is 16.5. The van der Waals surface area contributed by atoms with Gasteiger partial charge in [0.1, 0.15) is 6.61 Å². The zero-order chi connectivity index (χ0) is 16.4. The standard InChI is InChI=1S/C15H21N3O4/c1-11(2)7-17-15(21)22-9-12-3-5-13(6-4-12)18-14(20)8-16-10-19/h3-6,10-11H,7-9H2,1-2H3,(H,16,19)(H,17,21)(H,18,20). The molecule has 0 bridgehead atoms. The zero-order valence-electron chi connectivity index (χ0n) is 12.7. The van der Waals surface area contributed by atoms with Gasteiger partial charge < -0.3 is 20.7 Å². The summed E-state index contributed by atoms with van der Waals surface area (Å²) in [4.78, 5) is 32.9. The molecule has 0 atom stereocenters. The van der Waals surface area contributed by atoms with Crippen LogP contribution in [-0.4, -0.2) is 31.5 Å². The van der Waals surface area contributed by atoms with Crippen molar-refractivity contribution in [3.05, 3.63) is 29.8 Å². The Morgan fingerprint density at radius 3 is 2.50 bits per heavy atom. The lowest BCUT2D eigenvalue weighted by atomic mass is 10.2. The SMILES string of the molecule is CC(C)CNC(=O)OCc1ccc(NC(=O)CNC=O)cc1. The molecule has 0 aliphatic carbocycles. The molecule has 0 aliphatic heterocycles. The van der Waals surface area contributed by atoms with Crippen LogP contribution in [0.4, 0.5) is 10.5 Å². The quantitative estimate of drug-likeness (QED) is 0.630. The van der Waals surface area contributed by atoms with E-state index in [4.69, 9.17) is 4.74 Å². The van der Waals surface area contributed by atoms with Crippen LogP contribution in [0.5, 0.6) is 0 Å². The third kappa shape index (κ3) is 7.28. The van der Waals surface area contributed by atoms with Gasteiger partial charge in [0, 0.05) is 12.2 Å². The Bertz CT molecular complexity index is 500. The molecule has 3 N–H and O–H groups in total. The number of carbonyl (C=O) groups excluding carboxylic acids is 3. The monoisotopic (exact) mass is 307 g/mol. The van der Waals surface area contributed by atoms with Crippen LogP contribution in [0.1, 0.15) is 19.4 Å². The molecule has 0 heterocycles. The number of carbonyl (C=O) groups is 3. The molecule has 1 aromatic carbocycles. The highest BCUT2D eigenvalue weighted by Crippen LogP contribution is 2.10. The van der Waals surface area contributed by atoms with Crippen molar-refractivity contribution >= 4 is 24.1 Å². The number of anilines is 1. The second-order valence-corrected chi connectivity index (χ2v) is 5.09. The van der Waals surface area contributed by atoms with Crippen LogP contribution in [0, 0.1) is 5.92 Å². The van der Waals surface area contributed by atoms with Crippen LogP contribution < -0.4 is 16.0 Å². The van der Waals surface area contributed by atoms with Gasteiger partial charge in [0.05, 0.1) is 6.54 Å². The lowest BCUT2D eigenvalue weighted by Gasteiger charge is -2.09. The van der Waals surface area contributed by atoms with Crippen molar-refractivity contribution < 1.29 is 19.1 Å². The van der Waals surface area contributed by atoms with Gasteiger partial charge in [0.2, 0.25) is 12.3 Å². The highest BCUT2D eigenvalue weighted by molar-refractivity contribution is 5.93. The largest absolute Gasteiger partial charge is 0.445 e. The Morgan fingerprint density at radius 2 is 1.91 bits per heavy atom. The van der Waals surface area contributed by atoms with E-state index in [1.165, 1.54) is 0 Å². The lowest BCUT2D eigenvalue weighted by molar-refractivity contribution is -0.118. The van der Waals surface area contributed by atoms with Gasteiger partial charge in [-0.05, 0) is 23.6 Å². The molecule has 0 radical (unpaired) electrons. The van der Waals surface area contributed by atoms with E-state index in [-0.39, 0.29) is 19.1 Å². The summed E-state index contributed by atoms with van der Waals surface area (Å²) in [6.45, 7) is 4.64. The predicted molar refractivity (Wildman–Crippen MR) is 82.2 cm³/mol. The van der Waals surface area contributed by atoms with Crippen LogP contribution in [0.3, 0.4) is 0 Å². The maximum absolute atomic E-state index is 11.4. The number of amides is 3. The normalized spacial score (nSPS) is 9.95. The second-order valence-electron chi connectivity index (χ2n) is 5.09. The smallest absolute Gasteiger partial charge is 0.407 e. The van der Waals surface area contributed by atoms with Gasteiger partial charge in [-0.25, -0.2) is 4.79 Å². The minimum Gasteiger partial charge on any atom is -0.445 e. The van der Waals surface area contributed by atoms with Crippen molar-refractivity contribution in [2.75, 3.05) is 18.4 Å². The van der Waals surface area contributed by atoms with Crippen molar-refractivity contribution in [3.8, 4) is 0 Å². The Morgan fingerprint density at radius 1 is 1.23 bits per heavy atom. The molecule has 0 fully saturated rings. The van der Waals surface area contributed by atoms with Gasteiger partial charge in [-0.2, -0.15) is 0 Å². The molecule has 0 saturated carbocycles. The summed E-state index contributed by atoms with van der Waals surface area (Å²) >= 11 is 0. The van der Waals surface area contributed by atoms with Crippen LogP contribution in [0.15, 0.2) is 24.3 Å². The minimum atomic E-state index is -0.453. The number of ether oxygens (including phenoxy) is 1. The van der Waals surface area contributed by atoms with Crippen LogP contribution >= 0.6 is 0 Å². The second kappa shape index (κ2) is 9.38. The first-order chi connectivity index (χ1) is 10.5. The van der Waals surface area contributed by atoms with Gasteiger partial charge in [-0.15, -0.1) is 0 Å². The molecule has 7 nitrogen and oxygen atoms in total. The Balaban J connectivity index is 2.36. The van der Waals surface area contributed by atoms with Crippen molar-refractivity contribution in [2.45, 2.75) is 20.5 Å². The maximum Gasteiger partial charge on any atom is 0.407 e. The van der Waals surface area contributed by atoms with Crippen LogP contribution in [0.25, 0.3) is 0 Å². The van der Waals surface area contributed by atoms with Crippen LogP contribution in [0.2, 0.25) is 0 Å². The van der Waals surface area contributed by atoms with E-state index in [0.29, 0.717) is 24.6 Å². The number of alkyl carbamates (subject to hydrolysis) is 1. The van der Waals surface area contributed by atoms with E-state index in [1.54, 1.807) is 24.3 Å².